The van der Waals surface area contributed by atoms with Crippen molar-refractivity contribution in [1.82, 2.24) is 29.7 Å². The third-order valence-corrected chi connectivity index (χ3v) is 7.06. The van der Waals surface area contributed by atoms with Gasteiger partial charge >= 0.3 is 6.09 Å². The number of rotatable bonds is 9. The summed E-state index contributed by atoms with van der Waals surface area (Å²) in [6.07, 6.45) is 6.14. The van der Waals surface area contributed by atoms with Gasteiger partial charge in [0.15, 0.2) is 11.5 Å². The number of imidazole rings is 1. The molecule has 3 heterocycles. The molecule has 2 aromatic heterocycles. The summed E-state index contributed by atoms with van der Waals surface area (Å²) in [5.41, 5.74) is 1.61. The Kier molecular flexibility index (Phi) is 8.89. The molecule has 13 nitrogen and oxygen atoms in total. The summed E-state index contributed by atoms with van der Waals surface area (Å²) in [6.45, 7) is 2.86. The molecule has 1 aliphatic heterocycles. The summed E-state index contributed by atoms with van der Waals surface area (Å²) in [5, 5.41) is 3.01. The van der Waals surface area contributed by atoms with Crippen molar-refractivity contribution in [3.8, 4) is 28.9 Å². The van der Waals surface area contributed by atoms with E-state index in [0.717, 1.165) is 11.1 Å². The van der Waals surface area contributed by atoms with Crippen molar-refractivity contribution in [3.05, 3.63) is 78.5 Å². The second kappa shape index (κ2) is 13.1. The number of amides is 2. The molecule has 2 amide bonds. The van der Waals surface area contributed by atoms with Gasteiger partial charge in [-0.3, -0.25) is 9.36 Å². The summed E-state index contributed by atoms with van der Waals surface area (Å²) in [7, 11) is 4.69. The van der Waals surface area contributed by atoms with Gasteiger partial charge in [-0.05, 0) is 48.9 Å². The average molecular weight is 588 g/mol. The van der Waals surface area contributed by atoms with Crippen LogP contribution in [0.3, 0.4) is 0 Å². The summed E-state index contributed by atoms with van der Waals surface area (Å²) in [5.74, 6) is 2.91. The van der Waals surface area contributed by atoms with Crippen LogP contribution in [0.2, 0.25) is 0 Å². The molecule has 0 radical (unpaired) electrons. The molecule has 2 aromatic carbocycles. The van der Waals surface area contributed by atoms with Crippen molar-refractivity contribution < 1.29 is 28.5 Å². The van der Waals surface area contributed by atoms with Crippen LogP contribution in [-0.4, -0.2) is 83.4 Å². The van der Waals surface area contributed by atoms with Gasteiger partial charge in [-0.25, -0.2) is 14.8 Å². The Hall–Kier alpha value is -5.33. The van der Waals surface area contributed by atoms with Crippen LogP contribution in [0.25, 0.3) is 5.95 Å². The van der Waals surface area contributed by atoms with Gasteiger partial charge in [-0.15, -0.1) is 0 Å². The van der Waals surface area contributed by atoms with E-state index in [1.165, 1.54) is 4.90 Å². The minimum atomic E-state index is -0.762. The standard InChI is InChI=1S/C30H33N7O6/c1-20-16-33-29(36-12-11-31-19-36)34-27(20)37-14-13-35(30(39)43-23-8-6-22(40-2)7-9-23)18-24(37)28(38)32-17-21-5-10-25(41-3)26(15-21)42-4/h5-12,15-16,19,24H,13-14,17-18H2,1-4H3,(H,32,38). The van der Waals surface area contributed by atoms with Gasteiger partial charge in [0.05, 0.1) is 27.9 Å². The van der Waals surface area contributed by atoms with Crippen molar-refractivity contribution in [2.75, 3.05) is 45.9 Å². The fraction of sp³-hybridized carbons (Fsp3) is 0.300. The maximum absolute atomic E-state index is 13.8. The lowest BCUT2D eigenvalue weighted by Crippen LogP contribution is -2.61. The second-order valence-corrected chi connectivity index (χ2v) is 9.75. The predicted octanol–water partition coefficient (Wildman–Crippen LogP) is 3.00. The molecule has 1 saturated heterocycles. The van der Waals surface area contributed by atoms with Crippen molar-refractivity contribution in [3.63, 3.8) is 0 Å². The van der Waals surface area contributed by atoms with E-state index in [1.54, 1.807) is 81.1 Å². The van der Waals surface area contributed by atoms with Gasteiger partial charge in [-0.2, -0.15) is 4.98 Å². The quantitative estimate of drug-likeness (QED) is 0.312. The van der Waals surface area contributed by atoms with Crippen LogP contribution in [0.15, 0.2) is 67.4 Å². The zero-order chi connectivity index (χ0) is 30.3. The highest BCUT2D eigenvalue weighted by Crippen LogP contribution is 2.28. The summed E-state index contributed by atoms with van der Waals surface area (Å²) in [4.78, 5) is 43.7. The van der Waals surface area contributed by atoms with Crippen molar-refractivity contribution in [2.24, 2.45) is 0 Å². The maximum Gasteiger partial charge on any atom is 0.415 e. The molecule has 1 aliphatic rings. The normalized spacial score (nSPS) is 14.7. The first-order valence-corrected chi connectivity index (χ1v) is 13.6. The average Bonchev–Trinajstić information content (AvgIpc) is 3.59. The number of carbonyl (C=O) groups excluding carboxylic acids is 2. The molecule has 1 N–H and O–H groups in total. The third kappa shape index (κ3) is 6.61. The number of piperazine rings is 1. The summed E-state index contributed by atoms with van der Waals surface area (Å²) >= 11 is 0. The SMILES string of the molecule is COc1ccc(OC(=O)N2CCN(c3nc(-n4ccnc4)ncc3C)C(C(=O)NCc3ccc(OC)c(OC)c3)C2)cc1. The number of ether oxygens (including phenoxy) is 4. The van der Waals surface area contributed by atoms with Crippen molar-refractivity contribution in [1.29, 1.82) is 0 Å². The number of hydrogen-bond acceptors (Lipinski definition) is 10. The molecule has 1 atom stereocenters. The van der Waals surface area contributed by atoms with E-state index in [9.17, 15) is 9.59 Å². The Labute approximate surface area is 249 Å². The Bertz CT molecular complexity index is 1560. The Balaban J connectivity index is 1.38. The number of aromatic nitrogens is 4. The second-order valence-electron chi connectivity index (χ2n) is 9.75. The van der Waals surface area contributed by atoms with Crippen LogP contribution in [0.4, 0.5) is 10.6 Å². The van der Waals surface area contributed by atoms with Gasteiger partial charge in [0.25, 0.3) is 0 Å². The first-order valence-electron chi connectivity index (χ1n) is 13.6. The van der Waals surface area contributed by atoms with Gasteiger partial charge in [-0.1, -0.05) is 6.07 Å². The summed E-state index contributed by atoms with van der Waals surface area (Å²) in [6, 6.07) is 11.4. The van der Waals surface area contributed by atoms with E-state index in [0.29, 0.717) is 47.9 Å². The van der Waals surface area contributed by atoms with E-state index in [1.807, 2.05) is 24.0 Å². The van der Waals surface area contributed by atoms with E-state index in [2.05, 4.69) is 15.3 Å². The number of anilines is 1. The lowest BCUT2D eigenvalue weighted by atomic mass is 10.1. The van der Waals surface area contributed by atoms with E-state index < -0.39 is 12.1 Å². The largest absolute Gasteiger partial charge is 0.497 e. The van der Waals surface area contributed by atoms with Crippen molar-refractivity contribution >= 4 is 17.8 Å². The van der Waals surface area contributed by atoms with Gasteiger partial charge < -0.3 is 34.1 Å². The molecule has 1 fully saturated rings. The third-order valence-electron chi connectivity index (χ3n) is 7.06. The van der Waals surface area contributed by atoms with Crippen molar-refractivity contribution in [2.45, 2.75) is 19.5 Å². The molecular formula is C30H33N7O6. The first-order chi connectivity index (χ1) is 20.9. The van der Waals surface area contributed by atoms with Crippen LogP contribution in [0.1, 0.15) is 11.1 Å². The van der Waals surface area contributed by atoms with E-state index in [4.69, 9.17) is 23.9 Å². The molecule has 1 unspecified atom stereocenters. The van der Waals surface area contributed by atoms with Crippen LogP contribution >= 0.6 is 0 Å². The number of carbonyl (C=O) groups is 2. The molecular weight excluding hydrogens is 554 g/mol. The number of benzene rings is 2. The Morgan fingerprint density at radius 3 is 2.44 bits per heavy atom. The minimum absolute atomic E-state index is 0.0800. The van der Waals surface area contributed by atoms with Crippen LogP contribution in [-0.2, 0) is 11.3 Å². The minimum Gasteiger partial charge on any atom is -0.497 e. The molecule has 0 spiro atoms. The highest BCUT2D eigenvalue weighted by molar-refractivity contribution is 5.87. The lowest BCUT2D eigenvalue weighted by molar-refractivity contribution is -0.123. The molecule has 0 saturated carbocycles. The fourth-order valence-corrected chi connectivity index (χ4v) is 4.75. The van der Waals surface area contributed by atoms with Gasteiger partial charge in [0, 0.05) is 43.8 Å². The maximum atomic E-state index is 13.8. The smallest absolute Gasteiger partial charge is 0.415 e. The Morgan fingerprint density at radius 2 is 1.74 bits per heavy atom. The van der Waals surface area contributed by atoms with Crippen LogP contribution in [0.5, 0.6) is 23.0 Å². The monoisotopic (exact) mass is 587 g/mol. The Morgan fingerprint density at radius 1 is 0.977 bits per heavy atom. The number of methoxy groups -OCH3 is 3. The number of aryl methyl sites for hydroxylation is 1. The molecule has 13 heteroatoms. The molecule has 0 aliphatic carbocycles. The molecule has 5 rings (SSSR count). The topological polar surface area (TPSA) is 133 Å². The van der Waals surface area contributed by atoms with Gasteiger partial charge in [0.2, 0.25) is 11.9 Å². The van der Waals surface area contributed by atoms with E-state index in [-0.39, 0.29) is 19.0 Å². The molecule has 224 valence electrons. The zero-order valence-electron chi connectivity index (χ0n) is 24.4. The lowest BCUT2D eigenvalue weighted by Gasteiger charge is -2.41. The summed E-state index contributed by atoms with van der Waals surface area (Å²) < 4.78 is 23.2. The zero-order valence-corrected chi connectivity index (χ0v) is 24.4. The molecule has 0 bridgehead atoms. The molecule has 43 heavy (non-hydrogen) atoms. The van der Waals surface area contributed by atoms with Crippen LogP contribution in [0, 0.1) is 6.92 Å². The van der Waals surface area contributed by atoms with E-state index >= 15 is 0 Å². The first kappa shape index (κ1) is 29.2. The number of nitrogens with one attached hydrogen (secondary N) is 1. The number of nitrogens with zero attached hydrogens (tertiary/aromatic N) is 6. The highest BCUT2D eigenvalue weighted by Gasteiger charge is 2.36. The molecule has 4 aromatic rings. The van der Waals surface area contributed by atoms with Gasteiger partial charge in [0.1, 0.15) is 29.7 Å². The fourth-order valence-electron chi connectivity index (χ4n) is 4.75. The number of hydrogen-bond donors (Lipinski definition) is 1. The van der Waals surface area contributed by atoms with Crippen LogP contribution < -0.4 is 29.2 Å². The predicted molar refractivity (Wildman–Crippen MR) is 157 cm³/mol. The highest BCUT2D eigenvalue weighted by atomic mass is 16.6.